The minimum atomic E-state index is -0.660. The van der Waals surface area contributed by atoms with E-state index < -0.39 is 17.9 Å². The van der Waals surface area contributed by atoms with Crippen LogP contribution in [0.25, 0.3) is 0 Å². The molecule has 2 heterocycles. The normalized spacial score (nSPS) is 20.0. The maximum absolute atomic E-state index is 12.0. The van der Waals surface area contributed by atoms with E-state index in [4.69, 9.17) is 16.3 Å². The Morgan fingerprint density at radius 3 is 2.86 bits per heavy atom. The van der Waals surface area contributed by atoms with Gasteiger partial charge in [-0.3, -0.25) is 5.01 Å². The Hall–Kier alpha value is -2.41. The van der Waals surface area contributed by atoms with E-state index in [-0.39, 0.29) is 24.6 Å². The zero-order valence-corrected chi connectivity index (χ0v) is 12.4. The second-order valence-electron chi connectivity index (χ2n) is 4.67. The van der Waals surface area contributed by atoms with Gasteiger partial charge in [-0.25, -0.2) is 9.59 Å². The second kappa shape index (κ2) is 5.76. The monoisotopic (exact) mass is 321 g/mol. The van der Waals surface area contributed by atoms with Gasteiger partial charge in [-0.15, -0.1) is 0 Å². The smallest absolute Gasteiger partial charge is 0.360 e. The van der Waals surface area contributed by atoms with Gasteiger partial charge in [-0.2, -0.15) is 5.10 Å². The lowest BCUT2D eigenvalue weighted by Gasteiger charge is -2.27. The molecule has 0 N–H and O–H groups in total. The zero-order valence-electron chi connectivity index (χ0n) is 11.7. The van der Waals surface area contributed by atoms with E-state index in [0.29, 0.717) is 10.7 Å². The number of nitrogens with zero attached hydrogens (tertiary/aromatic N) is 3. The van der Waals surface area contributed by atoms with Crippen molar-refractivity contribution in [3.05, 3.63) is 29.3 Å². The standard InChI is InChI=1S/C14H12ClN3O4/c1-2-21-14(20)12-11-10(13(19)22-17-11)7-18(16-12)9-5-3-8(15)4-6-9/h3-6,10H,2,7H2,1H3. The predicted molar refractivity (Wildman–Crippen MR) is 79.9 cm³/mol. The van der Waals surface area contributed by atoms with Crippen LogP contribution in [0.4, 0.5) is 5.69 Å². The molecule has 0 saturated heterocycles. The fourth-order valence-corrected chi connectivity index (χ4v) is 2.34. The Bertz CT molecular complexity index is 684. The quantitative estimate of drug-likeness (QED) is 0.624. The third-order valence-electron chi connectivity index (χ3n) is 3.26. The number of ether oxygens (including phenoxy) is 1. The van der Waals surface area contributed by atoms with Crippen LogP contribution >= 0.6 is 11.6 Å². The molecule has 1 aromatic rings. The largest absolute Gasteiger partial charge is 0.461 e. The minimum absolute atomic E-state index is 0.0149. The Kier molecular flexibility index (Phi) is 3.81. The van der Waals surface area contributed by atoms with E-state index in [0.717, 1.165) is 0 Å². The lowest BCUT2D eigenvalue weighted by molar-refractivity contribution is -0.143. The third-order valence-corrected chi connectivity index (χ3v) is 3.51. The highest BCUT2D eigenvalue weighted by Crippen LogP contribution is 2.26. The van der Waals surface area contributed by atoms with Crippen molar-refractivity contribution in [3.63, 3.8) is 0 Å². The number of hydrazone groups is 1. The first-order chi connectivity index (χ1) is 10.6. The molecule has 8 heteroatoms. The molecule has 0 radical (unpaired) electrons. The van der Waals surface area contributed by atoms with Crippen LogP contribution < -0.4 is 5.01 Å². The molecule has 0 aliphatic carbocycles. The van der Waals surface area contributed by atoms with E-state index in [1.807, 2.05) is 0 Å². The van der Waals surface area contributed by atoms with Gasteiger partial charge in [0.15, 0.2) is 5.71 Å². The molecule has 7 nitrogen and oxygen atoms in total. The van der Waals surface area contributed by atoms with Crippen LogP contribution in [0.15, 0.2) is 34.5 Å². The molecular weight excluding hydrogens is 310 g/mol. The topological polar surface area (TPSA) is 80.6 Å². The summed E-state index contributed by atoms with van der Waals surface area (Å²) < 4.78 is 4.96. The maximum Gasteiger partial charge on any atom is 0.360 e. The molecule has 0 fully saturated rings. The molecular formula is C14H12ClN3O4. The molecule has 0 bridgehead atoms. The Labute approximate surface area is 131 Å². The van der Waals surface area contributed by atoms with Gasteiger partial charge >= 0.3 is 11.9 Å². The van der Waals surface area contributed by atoms with Crippen LogP contribution in [0, 0.1) is 5.92 Å². The summed E-state index contributed by atoms with van der Waals surface area (Å²) in [4.78, 5) is 28.5. The third kappa shape index (κ3) is 2.55. The maximum atomic E-state index is 12.0. The molecule has 114 valence electrons. The van der Waals surface area contributed by atoms with Gasteiger partial charge in [0, 0.05) is 5.02 Å². The van der Waals surface area contributed by atoms with Crippen LogP contribution in [-0.4, -0.2) is 36.5 Å². The summed E-state index contributed by atoms with van der Waals surface area (Å²) in [5.41, 5.74) is 0.900. The highest BCUT2D eigenvalue weighted by atomic mass is 35.5. The Morgan fingerprint density at radius 1 is 1.45 bits per heavy atom. The summed E-state index contributed by atoms with van der Waals surface area (Å²) in [5.74, 6) is -1.80. The van der Waals surface area contributed by atoms with Crippen molar-refractivity contribution in [1.29, 1.82) is 0 Å². The minimum Gasteiger partial charge on any atom is -0.461 e. The van der Waals surface area contributed by atoms with Crippen LogP contribution in [-0.2, 0) is 19.2 Å². The first-order valence-corrected chi connectivity index (χ1v) is 7.06. The van der Waals surface area contributed by atoms with Crippen molar-refractivity contribution < 1.29 is 19.2 Å². The summed E-state index contributed by atoms with van der Waals surface area (Å²) in [6, 6.07) is 6.90. The number of rotatable bonds is 3. The van der Waals surface area contributed by atoms with Gasteiger partial charge in [0.25, 0.3) is 0 Å². The molecule has 0 saturated carbocycles. The first kappa shape index (κ1) is 14.5. The number of carbonyl (C=O) groups excluding carboxylic acids is 2. The van der Waals surface area contributed by atoms with Gasteiger partial charge < -0.3 is 9.57 Å². The van der Waals surface area contributed by atoms with E-state index in [1.54, 1.807) is 36.2 Å². The number of carbonyl (C=O) groups is 2. The van der Waals surface area contributed by atoms with Crippen LogP contribution in [0.3, 0.4) is 0 Å². The average Bonchev–Trinajstić information content (AvgIpc) is 2.89. The predicted octanol–water partition coefficient (Wildman–Crippen LogP) is 1.61. The van der Waals surface area contributed by atoms with Gasteiger partial charge in [0.1, 0.15) is 11.6 Å². The van der Waals surface area contributed by atoms with E-state index >= 15 is 0 Å². The molecule has 1 aromatic carbocycles. The van der Waals surface area contributed by atoms with Gasteiger partial charge in [-0.05, 0) is 31.2 Å². The number of anilines is 1. The molecule has 1 unspecified atom stereocenters. The average molecular weight is 322 g/mol. The van der Waals surface area contributed by atoms with Crippen molar-refractivity contribution >= 4 is 40.7 Å². The van der Waals surface area contributed by atoms with Crippen molar-refractivity contribution in [2.24, 2.45) is 16.2 Å². The van der Waals surface area contributed by atoms with Gasteiger partial charge in [0.2, 0.25) is 0 Å². The van der Waals surface area contributed by atoms with Crippen LogP contribution in [0.5, 0.6) is 0 Å². The van der Waals surface area contributed by atoms with Gasteiger partial charge in [-0.1, -0.05) is 16.8 Å². The number of esters is 1. The fourth-order valence-electron chi connectivity index (χ4n) is 2.21. The molecule has 0 aromatic heterocycles. The number of hydrogen-bond acceptors (Lipinski definition) is 7. The molecule has 3 rings (SSSR count). The molecule has 2 aliphatic rings. The lowest BCUT2D eigenvalue weighted by Crippen LogP contribution is -2.44. The van der Waals surface area contributed by atoms with E-state index in [9.17, 15) is 9.59 Å². The summed E-state index contributed by atoms with van der Waals surface area (Å²) in [7, 11) is 0. The summed E-state index contributed by atoms with van der Waals surface area (Å²) in [6.07, 6.45) is 0. The number of hydrogen-bond donors (Lipinski definition) is 0. The second-order valence-corrected chi connectivity index (χ2v) is 5.10. The molecule has 2 aliphatic heterocycles. The number of halogens is 1. The first-order valence-electron chi connectivity index (χ1n) is 6.68. The highest BCUT2D eigenvalue weighted by Gasteiger charge is 2.43. The number of oxime groups is 1. The Balaban J connectivity index is 1.98. The van der Waals surface area contributed by atoms with Crippen molar-refractivity contribution in [2.75, 3.05) is 18.2 Å². The van der Waals surface area contributed by atoms with Crippen LogP contribution in [0.1, 0.15) is 6.92 Å². The highest BCUT2D eigenvalue weighted by molar-refractivity contribution is 6.68. The Morgan fingerprint density at radius 2 is 2.18 bits per heavy atom. The molecule has 0 spiro atoms. The van der Waals surface area contributed by atoms with Crippen LogP contribution in [0.2, 0.25) is 5.02 Å². The van der Waals surface area contributed by atoms with Crippen molar-refractivity contribution in [3.8, 4) is 0 Å². The zero-order chi connectivity index (χ0) is 15.7. The van der Waals surface area contributed by atoms with E-state index in [1.165, 1.54) is 0 Å². The fraction of sp³-hybridized carbons (Fsp3) is 0.286. The summed E-state index contributed by atoms with van der Waals surface area (Å²) >= 11 is 5.86. The SMILES string of the molecule is CCOC(=O)C1=NN(c2ccc(Cl)cc2)CC2C(=O)ON=C12. The summed E-state index contributed by atoms with van der Waals surface area (Å²) in [5, 5.41) is 10.0. The number of benzene rings is 1. The van der Waals surface area contributed by atoms with Crippen molar-refractivity contribution in [1.82, 2.24) is 0 Å². The summed E-state index contributed by atoms with van der Waals surface area (Å²) in [6.45, 7) is 2.13. The van der Waals surface area contributed by atoms with Gasteiger partial charge in [0.05, 0.1) is 18.8 Å². The van der Waals surface area contributed by atoms with Crippen molar-refractivity contribution in [2.45, 2.75) is 6.92 Å². The molecule has 1 atom stereocenters. The van der Waals surface area contributed by atoms with E-state index in [2.05, 4.69) is 15.1 Å². The molecule has 0 amide bonds. The molecule has 22 heavy (non-hydrogen) atoms. The number of fused-ring (bicyclic) bond motifs is 1. The lowest BCUT2D eigenvalue weighted by atomic mass is 9.98.